The van der Waals surface area contributed by atoms with Gasteiger partial charge in [-0.05, 0) is 61.0 Å². The van der Waals surface area contributed by atoms with Crippen LogP contribution in [-0.2, 0) is 31.1 Å². The summed E-state index contributed by atoms with van der Waals surface area (Å²) in [6, 6.07) is 12.3. The Hall–Kier alpha value is -3.77. The lowest BCUT2D eigenvalue weighted by molar-refractivity contribution is -0.136. The Labute approximate surface area is 200 Å². The molecule has 2 aromatic carbocycles. The normalized spacial score (nSPS) is 12.1. The topological polar surface area (TPSA) is 135 Å². The molecule has 0 aliphatic heterocycles. The maximum absolute atomic E-state index is 13.9. The molecule has 0 spiro atoms. The van der Waals surface area contributed by atoms with Crippen LogP contribution in [0.3, 0.4) is 0 Å². The third-order valence-corrected chi connectivity index (χ3v) is 8.28. The van der Waals surface area contributed by atoms with Crippen molar-refractivity contribution in [3.05, 3.63) is 77.9 Å². The summed E-state index contributed by atoms with van der Waals surface area (Å²) >= 11 is 0. The van der Waals surface area contributed by atoms with Crippen LogP contribution in [0.2, 0.25) is 0 Å². The van der Waals surface area contributed by atoms with Gasteiger partial charge in [-0.25, -0.2) is 30.2 Å². The van der Waals surface area contributed by atoms with Gasteiger partial charge in [0.15, 0.2) is 9.84 Å². The molecule has 9 nitrogen and oxygen atoms in total. The molecule has 12 heteroatoms. The molecule has 4 rings (SSSR count). The SMILES string of the molecule is Cc1c(CC(=O)O)c2cc(F)ccc2n1S(=O)(=O)c1ccc(Nc2cccc(S(C)(=O)=O)c2)nc1. The molecule has 0 atom stereocenters. The van der Waals surface area contributed by atoms with E-state index in [2.05, 4.69) is 10.3 Å². The summed E-state index contributed by atoms with van der Waals surface area (Å²) in [6.45, 7) is 1.46. The summed E-state index contributed by atoms with van der Waals surface area (Å²) < 4.78 is 65.3. The molecular weight excluding hydrogens is 497 g/mol. The molecule has 0 saturated carbocycles. The van der Waals surface area contributed by atoms with Crippen LogP contribution in [0.4, 0.5) is 15.9 Å². The van der Waals surface area contributed by atoms with E-state index in [1.807, 2.05) is 0 Å². The number of anilines is 2. The highest BCUT2D eigenvalue weighted by Gasteiger charge is 2.26. The van der Waals surface area contributed by atoms with E-state index in [0.29, 0.717) is 5.69 Å². The third kappa shape index (κ3) is 4.75. The summed E-state index contributed by atoms with van der Waals surface area (Å²) in [6.07, 6.45) is 1.75. The van der Waals surface area contributed by atoms with Crippen LogP contribution in [-0.4, -0.2) is 43.1 Å². The number of carboxylic acids is 1. The van der Waals surface area contributed by atoms with Crippen LogP contribution in [0.5, 0.6) is 0 Å². The van der Waals surface area contributed by atoms with E-state index in [1.54, 1.807) is 12.1 Å². The van der Waals surface area contributed by atoms with Crippen molar-refractivity contribution in [1.82, 2.24) is 8.96 Å². The quantitative estimate of drug-likeness (QED) is 0.380. The van der Waals surface area contributed by atoms with Gasteiger partial charge in [-0.2, -0.15) is 0 Å². The van der Waals surface area contributed by atoms with Crippen LogP contribution in [0.15, 0.2) is 70.6 Å². The zero-order chi connectivity index (χ0) is 25.5. The van der Waals surface area contributed by atoms with Crippen LogP contribution in [0.1, 0.15) is 11.3 Å². The van der Waals surface area contributed by atoms with Crippen molar-refractivity contribution in [3.8, 4) is 0 Å². The second-order valence-corrected chi connectivity index (χ2v) is 11.7. The molecule has 0 fully saturated rings. The van der Waals surface area contributed by atoms with Crippen LogP contribution < -0.4 is 5.32 Å². The first-order chi connectivity index (χ1) is 16.4. The first-order valence-electron chi connectivity index (χ1n) is 10.2. The minimum Gasteiger partial charge on any atom is -0.481 e. The fourth-order valence-corrected chi connectivity index (χ4v) is 5.97. The molecule has 0 bridgehead atoms. The van der Waals surface area contributed by atoms with Crippen LogP contribution >= 0.6 is 0 Å². The van der Waals surface area contributed by atoms with Crippen molar-refractivity contribution in [3.63, 3.8) is 0 Å². The minimum absolute atomic E-state index is 0.116. The largest absolute Gasteiger partial charge is 0.481 e. The van der Waals surface area contributed by atoms with E-state index in [1.165, 1.54) is 37.3 Å². The van der Waals surface area contributed by atoms with Crippen LogP contribution in [0, 0.1) is 12.7 Å². The Balaban J connectivity index is 1.73. The predicted molar refractivity (Wildman–Crippen MR) is 128 cm³/mol. The molecule has 0 aliphatic carbocycles. The van der Waals surface area contributed by atoms with Crippen molar-refractivity contribution in [2.24, 2.45) is 0 Å². The van der Waals surface area contributed by atoms with Crippen molar-refractivity contribution in [2.45, 2.75) is 23.1 Å². The van der Waals surface area contributed by atoms with Gasteiger partial charge in [0.1, 0.15) is 16.5 Å². The van der Waals surface area contributed by atoms with Crippen molar-refractivity contribution >= 4 is 48.2 Å². The number of aromatic nitrogens is 2. The molecule has 0 radical (unpaired) electrons. The lowest BCUT2D eigenvalue weighted by atomic mass is 10.1. The number of benzene rings is 2. The first kappa shape index (κ1) is 24.4. The standard InChI is InChI=1S/C23H20FN3O6S2/c1-14-19(12-23(28)29)20-10-15(24)6-8-21(20)27(14)35(32,33)18-7-9-22(25-13-18)26-16-4-3-5-17(11-16)34(2,30)31/h3-11,13H,12H2,1-2H3,(H,25,26)(H,28,29). The van der Waals surface area contributed by atoms with Crippen molar-refractivity contribution in [2.75, 3.05) is 11.6 Å². The Bertz CT molecular complexity index is 1680. The van der Waals surface area contributed by atoms with Gasteiger partial charge in [0.25, 0.3) is 10.0 Å². The average molecular weight is 518 g/mol. The number of halogens is 1. The highest BCUT2D eigenvalue weighted by molar-refractivity contribution is 7.90. The van der Waals surface area contributed by atoms with E-state index in [9.17, 15) is 31.1 Å². The maximum atomic E-state index is 13.9. The molecule has 0 saturated heterocycles. The molecular formula is C23H20FN3O6S2. The highest BCUT2D eigenvalue weighted by atomic mass is 32.2. The van der Waals surface area contributed by atoms with Crippen LogP contribution in [0.25, 0.3) is 10.9 Å². The minimum atomic E-state index is -4.21. The van der Waals surface area contributed by atoms with Gasteiger partial charge in [0.05, 0.1) is 16.8 Å². The number of carboxylic acid groups (broad SMARTS) is 1. The zero-order valence-corrected chi connectivity index (χ0v) is 20.2. The molecule has 2 aromatic heterocycles. The summed E-state index contributed by atoms with van der Waals surface area (Å²) in [5.41, 5.74) is 0.962. The Morgan fingerprint density at radius 3 is 2.43 bits per heavy atom. The van der Waals surface area contributed by atoms with E-state index in [4.69, 9.17) is 0 Å². The predicted octanol–water partition coefficient (Wildman–Crippen LogP) is 3.50. The summed E-state index contributed by atoms with van der Waals surface area (Å²) in [5, 5.41) is 12.4. The highest BCUT2D eigenvalue weighted by Crippen LogP contribution is 2.31. The molecule has 0 unspecified atom stereocenters. The third-order valence-electron chi connectivity index (χ3n) is 5.38. The van der Waals surface area contributed by atoms with Crippen molar-refractivity contribution in [1.29, 1.82) is 0 Å². The van der Waals surface area contributed by atoms with Gasteiger partial charge in [0.2, 0.25) is 0 Å². The van der Waals surface area contributed by atoms with Gasteiger partial charge in [-0.1, -0.05) is 6.07 Å². The Morgan fingerprint density at radius 1 is 1.06 bits per heavy atom. The molecule has 35 heavy (non-hydrogen) atoms. The number of hydrogen-bond acceptors (Lipinski definition) is 7. The number of nitrogens with zero attached hydrogens (tertiary/aromatic N) is 2. The zero-order valence-electron chi connectivity index (χ0n) is 18.6. The average Bonchev–Trinajstić information content (AvgIpc) is 3.04. The maximum Gasteiger partial charge on any atom is 0.307 e. The van der Waals surface area contributed by atoms with Gasteiger partial charge in [-0.3, -0.25) is 4.79 Å². The van der Waals surface area contributed by atoms with Crippen molar-refractivity contribution < 1.29 is 31.1 Å². The second-order valence-electron chi connectivity index (χ2n) is 7.87. The number of carbonyl (C=O) groups is 1. The first-order valence-corrected chi connectivity index (χ1v) is 13.5. The number of nitrogens with one attached hydrogen (secondary N) is 1. The summed E-state index contributed by atoms with van der Waals surface area (Å²) in [5.74, 6) is -1.51. The fourth-order valence-electron chi connectivity index (χ4n) is 3.77. The Morgan fingerprint density at radius 2 is 1.80 bits per heavy atom. The number of hydrogen-bond donors (Lipinski definition) is 2. The Kier molecular flexibility index (Phi) is 6.11. The lowest BCUT2D eigenvalue weighted by Crippen LogP contribution is -2.15. The number of fused-ring (bicyclic) bond motifs is 1. The van der Waals surface area contributed by atoms with Gasteiger partial charge < -0.3 is 10.4 Å². The molecule has 2 heterocycles. The van der Waals surface area contributed by atoms with E-state index >= 15 is 0 Å². The molecule has 0 amide bonds. The monoisotopic (exact) mass is 517 g/mol. The van der Waals surface area contributed by atoms with E-state index < -0.39 is 38.1 Å². The molecule has 2 N–H and O–H groups in total. The smallest absolute Gasteiger partial charge is 0.307 e. The van der Waals surface area contributed by atoms with E-state index in [-0.39, 0.29) is 37.8 Å². The molecule has 4 aromatic rings. The summed E-state index contributed by atoms with van der Waals surface area (Å²) in [4.78, 5) is 15.4. The number of pyridine rings is 1. The van der Waals surface area contributed by atoms with Gasteiger partial charge >= 0.3 is 5.97 Å². The lowest BCUT2D eigenvalue weighted by Gasteiger charge is -2.11. The van der Waals surface area contributed by atoms with E-state index in [0.717, 1.165) is 28.6 Å². The van der Waals surface area contributed by atoms with Gasteiger partial charge in [0, 0.05) is 29.2 Å². The van der Waals surface area contributed by atoms with Gasteiger partial charge in [-0.15, -0.1) is 0 Å². The number of sulfone groups is 1. The fraction of sp³-hybridized carbons (Fsp3) is 0.130. The second kappa shape index (κ2) is 8.78. The summed E-state index contributed by atoms with van der Waals surface area (Å²) in [7, 11) is -7.62. The number of rotatable bonds is 7. The molecule has 182 valence electrons. The number of aliphatic carboxylic acids is 1. The molecule has 0 aliphatic rings.